The van der Waals surface area contributed by atoms with Crippen LogP contribution in [0.25, 0.3) is 0 Å². The van der Waals surface area contributed by atoms with Crippen molar-refractivity contribution in [2.24, 2.45) is 0 Å². The molecule has 0 N–H and O–H groups in total. The Kier molecular flexibility index (Phi) is 23.3. The maximum Gasteiger partial charge on any atom is 0.306 e. The highest BCUT2D eigenvalue weighted by Crippen LogP contribution is 2.53. The molecule has 0 radical (unpaired) electrons. The van der Waals surface area contributed by atoms with Gasteiger partial charge >= 0.3 is 11.9 Å². The lowest BCUT2D eigenvalue weighted by Crippen LogP contribution is -3.00. The van der Waals surface area contributed by atoms with Gasteiger partial charge in [0.2, 0.25) is 23.0 Å². The number of carbonyl (C=O) groups is 2. The van der Waals surface area contributed by atoms with Crippen molar-refractivity contribution >= 4 is 11.9 Å². The molecule has 0 spiro atoms. The number of nitrogens with zero attached hydrogens (tertiary/aromatic N) is 2. The second-order valence-electron chi connectivity index (χ2n) is 18.9. The van der Waals surface area contributed by atoms with Crippen molar-refractivity contribution in [1.82, 2.24) is 0 Å². The number of likely N-dealkylation sites (N-methyl/N-ethyl adjacent to an activating group) is 2. The first kappa shape index (κ1) is 62.5. The topological polar surface area (TPSA) is 163 Å². The summed E-state index contributed by atoms with van der Waals surface area (Å²) in [5.74, 6) is 5.85. The van der Waals surface area contributed by atoms with Gasteiger partial charge in [-0.1, -0.05) is 0 Å². The van der Waals surface area contributed by atoms with E-state index in [1.807, 2.05) is 36.4 Å². The van der Waals surface area contributed by atoms with Gasteiger partial charge in [-0.05, 0) is 58.7 Å². The Morgan fingerprint density at radius 2 is 0.711 bits per heavy atom. The molecule has 18 nitrogen and oxygen atoms in total. The fourth-order valence-electron chi connectivity index (χ4n) is 11.0. The van der Waals surface area contributed by atoms with Crippen LogP contribution in [0.1, 0.15) is 71.1 Å². The smallest absolute Gasteiger partial charge is 0.306 e. The van der Waals surface area contributed by atoms with E-state index in [1.54, 1.807) is 85.3 Å². The van der Waals surface area contributed by atoms with Crippen LogP contribution < -0.4 is 81.7 Å². The average Bonchev–Trinajstić information content (AvgIpc) is 3.42. The molecule has 0 saturated carbocycles. The van der Waals surface area contributed by atoms with Crippen LogP contribution in [-0.4, -0.2) is 160 Å². The van der Waals surface area contributed by atoms with Crippen molar-refractivity contribution in [2.45, 2.75) is 63.5 Å². The van der Waals surface area contributed by atoms with Crippen LogP contribution in [0.2, 0.25) is 0 Å². The number of halogens is 2. The molecule has 4 atom stereocenters. The second kappa shape index (κ2) is 28.3. The molecule has 4 aromatic rings. The molecule has 2 unspecified atom stereocenters. The molecule has 2 aliphatic heterocycles. The van der Waals surface area contributed by atoms with Crippen LogP contribution in [0.15, 0.2) is 36.4 Å². The number of quaternary nitrogens is 2. The van der Waals surface area contributed by atoms with Crippen LogP contribution >= 0.6 is 0 Å². The highest BCUT2D eigenvalue weighted by atomic mass is 35.5. The highest BCUT2D eigenvalue weighted by Gasteiger charge is 2.45. The number of esters is 2. The van der Waals surface area contributed by atoms with Gasteiger partial charge in [0.1, 0.15) is 12.1 Å². The van der Waals surface area contributed by atoms with E-state index >= 15 is 0 Å². The molecule has 0 aliphatic carbocycles. The van der Waals surface area contributed by atoms with Gasteiger partial charge in [-0.3, -0.25) is 9.59 Å². The molecule has 0 fully saturated rings. The van der Waals surface area contributed by atoms with E-state index in [2.05, 4.69) is 14.1 Å². The summed E-state index contributed by atoms with van der Waals surface area (Å²) >= 11 is 0. The molecule has 4 aromatic carbocycles. The van der Waals surface area contributed by atoms with Crippen LogP contribution in [0.3, 0.4) is 0 Å². The van der Waals surface area contributed by atoms with Gasteiger partial charge in [0.25, 0.3) is 0 Å². The summed E-state index contributed by atoms with van der Waals surface area (Å²) in [5, 5.41) is 0. The van der Waals surface area contributed by atoms with E-state index in [4.69, 9.17) is 66.3 Å². The van der Waals surface area contributed by atoms with Crippen molar-refractivity contribution < 1.29 is 110 Å². The Bertz CT molecular complexity index is 2370. The Labute approximate surface area is 460 Å². The lowest BCUT2D eigenvalue weighted by Gasteiger charge is -2.46. The first-order chi connectivity index (χ1) is 35.7. The maximum absolute atomic E-state index is 13.1. The summed E-state index contributed by atoms with van der Waals surface area (Å²) in [5.41, 5.74) is 6.22. The fraction of sp³-hybridized carbons (Fsp3) is 0.536. The van der Waals surface area contributed by atoms with Gasteiger partial charge in [0.15, 0.2) is 46.0 Å². The van der Waals surface area contributed by atoms with Gasteiger partial charge in [0, 0.05) is 38.5 Å². The predicted molar refractivity (Wildman–Crippen MR) is 277 cm³/mol. The summed E-state index contributed by atoms with van der Waals surface area (Å²) in [6, 6.07) is 11.7. The molecule has 0 aromatic heterocycles. The molecule has 0 saturated heterocycles. The summed E-state index contributed by atoms with van der Waals surface area (Å²) in [7, 11) is 23.7. The lowest BCUT2D eigenvalue weighted by atomic mass is 9.85. The van der Waals surface area contributed by atoms with E-state index in [9.17, 15) is 9.59 Å². The molecular weight excluding hydrogens is 1030 g/mol. The second-order valence-corrected chi connectivity index (χ2v) is 18.9. The van der Waals surface area contributed by atoms with Crippen molar-refractivity contribution in [3.05, 3.63) is 69.8 Å². The van der Waals surface area contributed by atoms with Crippen molar-refractivity contribution in [1.29, 1.82) is 0 Å². The third-order valence-electron chi connectivity index (χ3n) is 14.9. The molecule has 76 heavy (non-hydrogen) atoms. The van der Waals surface area contributed by atoms with Crippen LogP contribution in [0, 0.1) is 0 Å². The number of carbonyl (C=O) groups excluding carboxylic acids is 2. The standard InChI is InChI=1S/C56H78N2O16.2ClH/c1-57(23-19-37-33-45(65-7)53(69-11)55(71-13)49(37)39(57)27-35-29-41(61-3)51(67-9)42(30-35)62-4)21-15-25-73-47(59)17-18-48(60)74-26-16-22-58(2)24-20-38-34-46(66-8)54(70-12)56(72-14)50(38)40(58)28-36-31-43(63-5)52(68-10)44(32-36)64-6;;/h29-34,39-40H,15-28H2,1-14H3;2*1H/q+2;;/p-2/t39-,40+,57?,58?;;. The zero-order valence-electron chi connectivity index (χ0n) is 46.7. The van der Waals surface area contributed by atoms with Crippen LogP contribution in [0.4, 0.5) is 0 Å². The Balaban J connectivity index is 0.00000624. The Morgan fingerprint density at radius 1 is 0.421 bits per heavy atom. The molecule has 0 amide bonds. The minimum atomic E-state index is -0.457. The summed E-state index contributed by atoms with van der Waals surface area (Å²) < 4.78 is 82.2. The first-order valence-electron chi connectivity index (χ1n) is 24.9. The van der Waals surface area contributed by atoms with Gasteiger partial charge in [0.05, 0.1) is 163 Å². The zero-order valence-corrected chi connectivity index (χ0v) is 48.2. The molecule has 422 valence electrons. The highest BCUT2D eigenvalue weighted by molar-refractivity contribution is 5.77. The molecular formula is C56H78Cl2N2O16. The van der Waals surface area contributed by atoms with Gasteiger partial charge < -0.3 is 100 Å². The van der Waals surface area contributed by atoms with Crippen LogP contribution in [-0.2, 0) is 44.7 Å². The number of methoxy groups -OCH3 is 12. The number of rotatable bonds is 27. The molecule has 6 rings (SSSR count). The summed E-state index contributed by atoms with van der Waals surface area (Å²) in [6.07, 6.45) is 3.69. The molecule has 2 heterocycles. The van der Waals surface area contributed by atoms with Crippen molar-refractivity contribution in [3.8, 4) is 69.0 Å². The average molecular weight is 1110 g/mol. The SMILES string of the molecule is COc1cc(C[C@@H]2c3c(cc(OC)c(OC)c3OC)CC[N+]2(C)CCCOC(=O)CCC(=O)OCCC[N+]2(C)CCc3cc(OC)c(OC)c(OC)c3[C@@H]2Cc2cc(OC)c(OC)c(OC)c2)cc(OC)c1OC.[Cl-].[Cl-]. The van der Waals surface area contributed by atoms with E-state index in [0.29, 0.717) is 117 Å². The van der Waals surface area contributed by atoms with Gasteiger partial charge in [-0.15, -0.1) is 0 Å². The number of ether oxygens (including phenoxy) is 14. The van der Waals surface area contributed by atoms with Crippen LogP contribution in [0.5, 0.6) is 69.0 Å². The number of fused-ring (bicyclic) bond motifs is 2. The normalized spacial score (nSPS) is 18.2. The number of hydrogen-bond acceptors (Lipinski definition) is 16. The fourth-order valence-corrected chi connectivity index (χ4v) is 11.0. The minimum absolute atomic E-state index is 0. The monoisotopic (exact) mass is 1100 g/mol. The first-order valence-corrected chi connectivity index (χ1v) is 24.9. The van der Waals surface area contributed by atoms with E-state index in [0.717, 1.165) is 59.3 Å². The van der Waals surface area contributed by atoms with Gasteiger partial charge in [-0.25, -0.2) is 0 Å². The summed E-state index contributed by atoms with van der Waals surface area (Å²) in [4.78, 5) is 26.2. The lowest BCUT2D eigenvalue weighted by molar-refractivity contribution is -0.941. The van der Waals surface area contributed by atoms with E-state index < -0.39 is 11.9 Å². The number of hydrogen-bond donors (Lipinski definition) is 0. The zero-order chi connectivity index (χ0) is 53.7. The van der Waals surface area contributed by atoms with Gasteiger partial charge in [-0.2, -0.15) is 0 Å². The van der Waals surface area contributed by atoms with E-state index in [1.165, 1.54) is 0 Å². The molecule has 20 heteroatoms. The summed E-state index contributed by atoms with van der Waals surface area (Å²) in [6.45, 7) is 3.35. The quantitative estimate of drug-likeness (QED) is 0.0482. The Morgan fingerprint density at radius 3 is 0.987 bits per heavy atom. The predicted octanol–water partition coefficient (Wildman–Crippen LogP) is 1.72. The third-order valence-corrected chi connectivity index (χ3v) is 14.9. The maximum atomic E-state index is 13.1. The van der Waals surface area contributed by atoms with Crippen molar-refractivity contribution in [2.75, 3.05) is 139 Å². The third kappa shape index (κ3) is 13.4. The molecule has 0 bridgehead atoms. The van der Waals surface area contributed by atoms with E-state index in [-0.39, 0.29) is 63.0 Å². The minimum Gasteiger partial charge on any atom is -1.00 e. The largest absolute Gasteiger partial charge is 1.00 e. The Hall–Kier alpha value is -6.08. The molecule has 2 aliphatic rings. The van der Waals surface area contributed by atoms with Crippen molar-refractivity contribution in [3.63, 3.8) is 0 Å². The number of benzene rings is 4.